The largest absolute Gasteiger partial charge is 0.378 e. The minimum Gasteiger partial charge on any atom is -0.378 e. The zero-order valence-electron chi connectivity index (χ0n) is 21.5. The molecule has 7 heteroatoms. The molecule has 194 valence electrons. The lowest BCUT2D eigenvalue weighted by atomic mass is 9.95. The number of morpholine rings is 1. The summed E-state index contributed by atoms with van der Waals surface area (Å²) in [6, 6.07) is 19.3. The first kappa shape index (κ1) is 24.2. The summed E-state index contributed by atoms with van der Waals surface area (Å²) < 4.78 is 5.41. The predicted octanol–water partition coefficient (Wildman–Crippen LogP) is 4.06. The maximum atomic E-state index is 13.9. The van der Waals surface area contributed by atoms with Gasteiger partial charge in [-0.3, -0.25) is 9.69 Å². The third-order valence-electron chi connectivity index (χ3n) is 8.35. The summed E-state index contributed by atoms with van der Waals surface area (Å²) in [5.41, 5.74) is 0.828. The fraction of sp³-hybridized carbons (Fsp3) is 0.467. The summed E-state index contributed by atoms with van der Waals surface area (Å²) in [4.78, 5) is 35.4. The Morgan fingerprint density at radius 1 is 0.676 bits per heavy atom. The Bertz CT molecular complexity index is 1230. The van der Waals surface area contributed by atoms with E-state index in [1.54, 1.807) is 0 Å². The van der Waals surface area contributed by atoms with Gasteiger partial charge in [-0.05, 0) is 46.9 Å². The average Bonchev–Trinajstić information content (AvgIpc) is 3.22. The van der Waals surface area contributed by atoms with E-state index in [0.717, 1.165) is 85.6 Å². The van der Waals surface area contributed by atoms with Crippen LogP contribution >= 0.6 is 0 Å². The molecule has 1 atom stereocenters. The van der Waals surface area contributed by atoms with Crippen LogP contribution in [-0.4, -0.2) is 103 Å². The first-order chi connectivity index (χ1) is 18.2. The van der Waals surface area contributed by atoms with E-state index in [0.29, 0.717) is 32.3 Å². The molecule has 0 spiro atoms. The molecule has 3 heterocycles. The second-order valence-electron chi connectivity index (χ2n) is 10.5. The normalized spacial score (nSPS) is 21.8. The topological polar surface area (TPSA) is 56.3 Å². The van der Waals surface area contributed by atoms with Crippen molar-refractivity contribution >= 4 is 33.5 Å². The van der Waals surface area contributed by atoms with Gasteiger partial charge in [0, 0.05) is 58.4 Å². The highest BCUT2D eigenvalue weighted by molar-refractivity contribution is 6.18. The van der Waals surface area contributed by atoms with Crippen LogP contribution in [0.5, 0.6) is 0 Å². The number of benzene rings is 3. The quantitative estimate of drug-likeness (QED) is 0.498. The zero-order valence-corrected chi connectivity index (χ0v) is 21.5. The molecule has 7 nitrogen and oxygen atoms in total. The van der Waals surface area contributed by atoms with Crippen LogP contribution in [0.4, 0.5) is 4.79 Å². The Morgan fingerprint density at radius 2 is 1.30 bits per heavy atom. The third-order valence-corrected chi connectivity index (χ3v) is 8.35. The molecule has 3 aliphatic heterocycles. The molecule has 1 unspecified atom stereocenters. The van der Waals surface area contributed by atoms with Crippen molar-refractivity contribution in [3.8, 4) is 0 Å². The number of fused-ring (bicyclic) bond motifs is 2. The van der Waals surface area contributed by atoms with Crippen molar-refractivity contribution in [2.45, 2.75) is 25.3 Å². The predicted molar refractivity (Wildman–Crippen MR) is 146 cm³/mol. The van der Waals surface area contributed by atoms with Crippen LogP contribution in [-0.2, 0) is 4.74 Å². The molecule has 3 aromatic rings. The molecule has 0 saturated carbocycles. The molecule has 0 bridgehead atoms. The van der Waals surface area contributed by atoms with Gasteiger partial charge < -0.3 is 19.4 Å². The van der Waals surface area contributed by atoms with Gasteiger partial charge in [0.1, 0.15) is 0 Å². The van der Waals surface area contributed by atoms with E-state index in [9.17, 15) is 9.59 Å². The molecule has 3 aromatic carbocycles. The van der Waals surface area contributed by atoms with E-state index < -0.39 is 0 Å². The van der Waals surface area contributed by atoms with E-state index in [2.05, 4.69) is 35.2 Å². The van der Waals surface area contributed by atoms with Gasteiger partial charge in [0.15, 0.2) is 0 Å². The summed E-state index contributed by atoms with van der Waals surface area (Å²) >= 11 is 0. The number of carbonyl (C=O) groups is 2. The Labute approximate surface area is 218 Å². The second kappa shape index (κ2) is 10.7. The van der Waals surface area contributed by atoms with Crippen molar-refractivity contribution in [3.05, 3.63) is 60.2 Å². The van der Waals surface area contributed by atoms with Crippen LogP contribution in [0, 0.1) is 0 Å². The number of amides is 3. The maximum Gasteiger partial charge on any atom is 0.320 e. The van der Waals surface area contributed by atoms with Crippen LogP contribution < -0.4 is 0 Å². The van der Waals surface area contributed by atoms with Gasteiger partial charge in [-0.25, -0.2) is 4.79 Å². The summed E-state index contributed by atoms with van der Waals surface area (Å²) in [6.45, 7) is 7.56. The third kappa shape index (κ3) is 4.90. The van der Waals surface area contributed by atoms with E-state index in [1.165, 1.54) is 0 Å². The highest BCUT2D eigenvalue weighted by Gasteiger charge is 2.31. The Morgan fingerprint density at radius 3 is 1.97 bits per heavy atom. The van der Waals surface area contributed by atoms with Crippen molar-refractivity contribution in [2.24, 2.45) is 0 Å². The Balaban J connectivity index is 1.11. The first-order valence-electron chi connectivity index (χ1n) is 13.7. The lowest BCUT2D eigenvalue weighted by molar-refractivity contribution is 0.0429. The van der Waals surface area contributed by atoms with E-state index in [-0.39, 0.29) is 11.9 Å². The molecule has 0 N–H and O–H groups in total. The van der Waals surface area contributed by atoms with Gasteiger partial charge in [-0.15, -0.1) is 0 Å². The molecule has 3 saturated heterocycles. The Kier molecular flexibility index (Phi) is 6.98. The van der Waals surface area contributed by atoms with Crippen molar-refractivity contribution in [2.75, 3.05) is 65.6 Å². The van der Waals surface area contributed by atoms with Crippen LogP contribution in [0.15, 0.2) is 54.6 Å². The van der Waals surface area contributed by atoms with Crippen LogP contribution in [0.25, 0.3) is 21.5 Å². The second-order valence-corrected chi connectivity index (χ2v) is 10.5. The van der Waals surface area contributed by atoms with E-state index in [1.807, 2.05) is 39.0 Å². The van der Waals surface area contributed by atoms with Crippen molar-refractivity contribution in [1.29, 1.82) is 0 Å². The minimum atomic E-state index is 0.135. The SMILES string of the molecule is O=C(c1c2ccccc2cc2ccccc12)N1CCN(C2CCCN(C(=O)N3CCOCC3)CC2)CC1. The number of urea groups is 1. The monoisotopic (exact) mass is 500 g/mol. The zero-order chi connectivity index (χ0) is 25.2. The molecule has 0 aromatic heterocycles. The summed E-state index contributed by atoms with van der Waals surface area (Å²) in [7, 11) is 0. The van der Waals surface area contributed by atoms with Gasteiger partial charge in [0.25, 0.3) is 5.91 Å². The van der Waals surface area contributed by atoms with Crippen LogP contribution in [0.1, 0.15) is 29.6 Å². The van der Waals surface area contributed by atoms with Crippen molar-refractivity contribution < 1.29 is 14.3 Å². The lowest BCUT2D eigenvalue weighted by Gasteiger charge is -2.39. The smallest absolute Gasteiger partial charge is 0.320 e. The molecular weight excluding hydrogens is 464 g/mol. The molecular formula is C30H36N4O3. The van der Waals surface area contributed by atoms with Gasteiger partial charge >= 0.3 is 6.03 Å². The fourth-order valence-electron chi connectivity index (χ4n) is 6.28. The molecule has 37 heavy (non-hydrogen) atoms. The fourth-order valence-corrected chi connectivity index (χ4v) is 6.28. The first-order valence-corrected chi connectivity index (χ1v) is 13.7. The maximum absolute atomic E-state index is 13.9. The Hall–Kier alpha value is -3.16. The average molecular weight is 501 g/mol. The van der Waals surface area contributed by atoms with Crippen LogP contribution in [0.3, 0.4) is 0 Å². The molecule has 3 aliphatic rings. The number of piperazine rings is 1. The number of carbonyl (C=O) groups excluding carboxylic acids is 2. The standard InChI is InChI=1S/C30H36N4O3/c35-29(28-26-9-3-1-6-23(26)22-24-7-2-4-10-27(24)28)32-16-14-31(15-17-32)25-8-5-12-33(13-11-25)30(36)34-18-20-37-21-19-34/h1-4,6-7,9-10,22,25H,5,8,11-21H2. The lowest BCUT2D eigenvalue weighted by Crippen LogP contribution is -2.52. The number of nitrogens with zero attached hydrogens (tertiary/aromatic N) is 4. The highest BCUT2D eigenvalue weighted by Crippen LogP contribution is 2.30. The highest BCUT2D eigenvalue weighted by atomic mass is 16.5. The van der Waals surface area contributed by atoms with Crippen LogP contribution in [0.2, 0.25) is 0 Å². The number of ether oxygens (including phenoxy) is 1. The van der Waals surface area contributed by atoms with E-state index in [4.69, 9.17) is 4.74 Å². The van der Waals surface area contributed by atoms with Crippen molar-refractivity contribution in [3.63, 3.8) is 0 Å². The molecule has 3 amide bonds. The summed E-state index contributed by atoms with van der Waals surface area (Å²) in [5.74, 6) is 0.135. The molecule has 0 aliphatic carbocycles. The number of rotatable bonds is 2. The van der Waals surface area contributed by atoms with Gasteiger partial charge in [0.2, 0.25) is 0 Å². The minimum absolute atomic E-state index is 0.135. The molecule has 3 fully saturated rings. The molecule has 6 rings (SSSR count). The molecule has 0 radical (unpaired) electrons. The number of hydrogen-bond acceptors (Lipinski definition) is 4. The summed E-state index contributed by atoms with van der Waals surface area (Å²) in [6.07, 6.45) is 3.13. The van der Waals surface area contributed by atoms with Gasteiger partial charge in [0.05, 0.1) is 18.8 Å². The van der Waals surface area contributed by atoms with E-state index >= 15 is 0 Å². The van der Waals surface area contributed by atoms with Gasteiger partial charge in [-0.2, -0.15) is 0 Å². The summed E-state index contributed by atoms with van der Waals surface area (Å²) in [5, 5.41) is 4.28. The number of likely N-dealkylation sites (tertiary alicyclic amines) is 1. The van der Waals surface area contributed by atoms with Crippen molar-refractivity contribution in [1.82, 2.24) is 19.6 Å². The number of hydrogen-bond donors (Lipinski definition) is 0. The van der Waals surface area contributed by atoms with Gasteiger partial charge in [-0.1, -0.05) is 48.5 Å².